The van der Waals surface area contributed by atoms with E-state index in [1.807, 2.05) is 53.1 Å². The van der Waals surface area contributed by atoms with Crippen molar-refractivity contribution in [2.45, 2.75) is 45.3 Å². The highest BCUT2D eigenvalue weighted by Crippen LogP contribution is 2.35. The first kappa shape index (κ1) is 24.5. The summed E-state index contributed by atoms with van der Waals surface area (Å²) in [5.41, 5.74) is 3.39. The number of hydrogen-bond donors (Lipinski definition) is 1. The van der Waals surface area contributed by atoms with Crippen molar-refractivity contribution >= 4 is 22.6 Å². The molecule has 1 saturated carbocycles. The number of hydrogen-bond acceptors (Lipinski definition) is 5. The lowest BCUT2D eigenvalue weighted by Gasteiger charge is -2.23. The SMILES string of the molecule is Fc1cc2c(nc(-c3ccc(OCc4ccccc4-c4nnn[nH]4)cc3)n2CC2CCCCC2)c(Cl)c1F. The quantitative estimate of drug-likeness (QED) is 0.228. The van der Waals surface area contributed by atoms with Crippen LogP contribution in [0.1, 0.15) is 37.7 Å². The van der Waals surface area contributed by atoms with Crippen molar-refractivity contribution in [3.05, 3.63) is 76.8 Å². The third-order valence-corrected chi connectivity index (χ3v) is 7.52. The van der Waals surface area contributed by atoms with Crippen LogP contribution < -0.4 is 4.74 Å². The van der Waals surface area contributed by atoms with Gasteiger partial charge in [0.2, 0.25) is 0 Å². The molecule has 2 aromatic heterocycles. The average molecular weight is 535 g/mol. The van der Waals surface area contributed by atoms with Crippen molar-refractivity contribution in [2.24, 2.45) is 5.92 Å². The fourth-order valence-corrected chi connectivity index (χ4v) is 5.44. The van der Waals surface area contributed by atoms with Gasteiger partial charge < -0.3 is 9.30 Å². The Kier molecular flexibility index (Phi) is 6.76. The Morgan fingerprint density at radius 1 is 1.03 bits per heavy atom. The Balaban J connectivity index is 1.29. The summed E-state index contributed by atoms with van der Waals surface area (Å²) in [6, 6.07) is 16.5. The predicted molar refractivity (Wildman–Crippen MR) is 141 cm³/mol. The van der Waals surface area contributed by atoms with Gasteiger partial charge in [-0.25, -0.2) is 18.9 Å². The van der Waals surface area contributed by atoms with Gasteiger partial charge in [-0.15, -0.1) is 5.10 Å². The number of benzene rings is 3. The standard InChI is InChI=1S/C28H25ClF2N6O/c29-24-25(31)22(30)14-23-26(24)32-28(37(23)15-17-6-2-1-3-7-17)18-10-12-20(13-11-18)38-16-19-8-4-5-9-21(19)27-33-35-36-34-27/h4-5,8-14,17H,1-3,6-7,15-16H2,(H,33,34,35,36). The molecule has 2 heterocycles. The van der Waals surface area contributed by atoms with E-state index in [2.05, 4.69) is 25.6 Å². The van der Waals surface area contributed by atoms with Gasteiger partial charge in [-0.2, -0.15) is 0 Å². The zero-order valence-electron chi connectivity index (χ0n) is 20.5. The van der Waals surface area contributed by atoms with Crippen LogP contribution in [0.4, 0.5) is 8.78 Å². The zero-order valence-corrected chi connectivity index (χ0v) is 21.3. The normalized spacial score (nSPS) is 14.3. The molecule has 0 unspecified atom stereocenters. The average Bonchev–Trinajstić information content (AvgIpc) is 3.61. The third kappa shape index (κ3) is 4.74. The summed E-state index contributed by atoms with van der Waals surface area (Å²) in [5.74, 6) is 0.288. The van der Waals surface area contributed by atoms with Gasteiger partial charge in [0, 0.05) is 29.3 Å². The number of ether oxygens (including phenoxy) is 1. The Labute approximate surface area is 222 Å². The topological polar surface area (TPSA) is 81.5 Å². The minimum absolute atomic E-state index is 0.273. The smallest absolute Gasteiger partial charge is 0.179 e. The molecule has 6 rings (SSSR count). The molecule has 38 heavy (non-hydrogen) atoms. The zero-order chi connectivity index (χ0) is 26.1. The minimum atomic E-state index is -1.07. The van der Waals surface area contributed by atoms with Crippen molar-refractivity contribution in [1.29, 1.82) is 0 Å². The van der Waals surface area contributed by atoms with Crippen LogP contribution in [0.5, 0.6) is 5.75 Å². The van der Waals surface area contributed by atoms with E-state index in [1.165, 1.54) is 25.3 Å². The number of rotatable bonds is 7. The van der Waals surface area contributed by atoms with Crippen LogP contribution in [-0.2, 0) is 13.2 Å². The Hall–Kier alpha value is -3.85. The number of H-pyrrole nitrogens is 1. The van der Waals surface area contributed by atoms with Crippen LogP contribution in [-0.4, -0.2) is 30.2 Å². The highest BCUT2D eigenvalue weighted by Gasteiger charge is 2.23. The maximum Gasteiger partial charge on any atom is 0.179 e. The Morgan fingerprint density at radius 2 is 1.82 bits per heavy atom. The second kappa shape index (κ2) is 10.5. The van der Waals surface area contributed by atoms with Gasteiger partial charge in [-0.3, -0.25) is 0 Å². The Bertz CT molecular complexity index is 1560. The molecule has 1 N–H and O–H groups in total. The van der Waals surface area contributed by atoms with Gasteiger partial charge in [-0.1, -0.05) is 55.1 Å². The highest BCUT2D eigenvalue weighted by atomic mass is 35.5. The van der Waals surface area contributed by atoms with Crippen molar-refractivity contribution in [3.63, 3.8) is 0 Å². The van der Waals surface area contributed by atoms with E-state index in [-0.39, 0.29) is 10.5 Å². The molecule has 0 radical (unpaired) electrons. The van der Waals surface area contributed by atoms with E-state index in [0.29, 0.717) is 42.0 Å². The highest BCUT2D eigenvalue weighted by molar-refractivity contribution is 6.35. The molecule has 1 aliphatic rings. The number of nitrogens with zero attached hydrogens (tertiary/aromatic N) is 5. The molecule has 1 fully saturated rings. The summed E-state index contributed by atoms with van der Waals surface area (Å²) in [6.07, 6.45) is 5.81. The number of imidazole rings is 1. The maximum atomic E-state index is 14.3. The molecule has 0 aliphatic heterocycles. The monoisotopic (exact) mass is 534 g/mol. The number of nitrogens with one attached hydrogen (secondary N) is 1. The van der Waals surface area contributed by atoms with Gasteiger partial charge in [0.15, 0.2) is 17.5 Å². The lowest BCUT2D eigenvalue weighted by atomic mass is 9.89. The van der Waals surface area contributed by atoms with Gasteiger partial charge in [0.05, 0.1) is 5.52 Å². The number of aromatic amines is 1. The fourth-order valence-electron chi connectivity index (χ4n) is 5.21. The molecule has 0 amide bonds. The molecular formula is C28H25ClF2N6O. The fraction of sp³-hybridized carbons (Fsp3) is 0.286. The van der Waals surface area contributed by atoms with Gasteiger partial charge in [0.25, 0.3) is 0 Å². The molecule has 3 aromatic carbocycles. The molecule has 1 aliphatic carbocycles. The summed E-state index contributed by atoms with van der Waals surface area (Å²) >= 11 is 6.20. The predicted octanol–water partition coefficient (Wildman–Crippen LogP) is 6.97. The van der Waals surface area contributed by atoms with Crippen molar-refractivity contribution in [1.82, 2.24) is 30.2 Å². The van der Waals surface area contributed by atoms with Gasteiger partial charge in [0.1, 0.15) is 28.7 Å². The summed E-state index contributed by atoms with van der Waals surface area (Å²) in [6.45, 7) is 1.00. The summed E-state index contributed by atoms with van der Waals surface area (Å²) in [5, 5.41) is 13.8. The molecule has 194 valence electrons. The first-order valence-corrected chi connectivity index (χ1v) is 13.0. The maximum absolute atomic E-state index is 14.3. The van der Waals surface area contributed by atoms with E-state index in [9.17, 15) is 8.78 Å². The van der Waals surface area contributed by atoms with E-state index in [1.54, 1.807) is 0 Å². The second-order valence-electron chi connectivity index (χ2n) is 9.62. The molecule has 0 bridgehead atoms. The molecule has 5 aromatic rings. The van der Waals surface area contributed by atoms with Crippen molar-refractivity contribution in [3.8, 4) is 28.5 Å². The summed E-state index contributed by atoms with van der Waals surface area (Å²) in [4.78, 5) is 4.67. The van der Waals surface area contributed by atoms with Crippen LogP contribution in [0.3, 0.4) is 0 Å². The van der Waals surface area contributed by atoms with E-state index < -0.39 is 11.6 Å². The summed E-state index contributed by atoms with van der Waals surface area (Å²) in [7, 11) is 0. The van der Waals surface area contributed by atoms with E-state index in [0.717, 1.165) is 29.5 Å². The molecule has 0 atom stereocenters. The molecule has 0 saturated heterocycles. The Morgan fingerprint density at radius 3 is 2.58 bits per heavy atom. The second-order valence-corrected chi connectivity index (χ2v) is 10.0. The largest absolute Gasteiger partial charge is 0.489 e. The van der Waals surface area contributed by atoms with Crippen LogP contribution in [0.25, 0.3) is 33.8 Å². The number of fused-ring (bicyclic) bond motifs is 1. The first-order valence-electron chi connectivity index (χ1n) is 12.7. The third-order valence-electron chi connectivity index (χ3n) is 7.17. The number of halogens is 3. The molecular weight excluding hydrogens is 510 g/mol. The minimum Gasteiger partial charge on any atom is -0.489 e. The van der Waals surface area contributed by atoms with Crippen LogP contribution >= 0.6 is 11.6 Å². The van der Waals surface area contributed by atoms with Gasteiger partial charge in [-0.05, 0) is 53.5 Å². The van der Waals surface area contributed by atoms with Crippen LogP contribution in [0, 0.1) is 17.6 Å². The molecule has 10 heteroatoms. The number of tetrazole rings is 1. The summed E-state index contributed by atoms with van der Waals surface area (Å²) < 4.78 is 36.7. The first-order chi connectivity index (χ1) is 18.6. The van der Waals surface area contributed by atoms with Crippen molar-refractivity contribution < 1.29 is 13.5 Å². The molecule has 7 nitrogen and oxygen atoms in total. The molecule has 0 spiro atoms. The van der Waals surface area contributed by atoms with Crippen LogP contribution in [0.2, 0.25) is 5.02 Å². The number of aromatic nitrogens is 6. The van der Waals surface area contributed by atoms with Crippen molar-refractivity contribution in [2.75, 3.05) is 0 Å². The van der Waals surface area contributed by atoms with E-state index in [4.69, 9.17) is 16.3 Å². The van der Waals surface area contributed by atoms with Gasteiger partial charge >= 0.3 is 0 Å². The lowest BCUT2D eigenvalue weighted by Crippen LogP contribution is -2.15. The van der Waals surface area contributed by atoms with Crippen LogP contribution in [0.15, 0.2) is 54.6 Å². The lowest BCUT2D eigenvalue weighted by molar-refractivity contribution is 0.306. The van der Waals surface area contributed by atoms with E-state index >= 15 is 0 Å².